The summed E-state index contributed by atoms with van der Waals surface area (Å²) in [6.07, 6.45) is 4.17. The molecule has 1 aromatic carbocycles. The topological polar surface area (TPSA) is 35.6 Å². The molecule has 4 nitrogen and oxygen atoms in total. The van der Waals surface area contributed by atoms with Gasteiger partial charge in [-0.15, -0.1) is 0 Å². The average molecular weight is 336 g/mol. The Balaban J connectivity index is 1.98. The van der Waals surface area contributed by atoms with Crippen LogP contribution in [0.2, 0.25) is 0 Å². The highest BCUT2D eigenvalue weighted by atomic mass is 32.2. The van der Waals surface area contributed by atoms with Crippen molar-refractivity contribution in [1.82, 2.24) is 9.80 Å². The van der Waals surface area contributed by atoms with Crippen molar-refractivity contribution in [3.8, 4) is 0 Å². The van der Waals surface area contributed by atoms with Gasteiger partial charge < -0.3 is 15.1 Å². The summed E-state index contributed by atoms with van der Waals surface area (Å²) in [5.74, 6) is 0. The molecule has 0 spiro atoms. The van der Waals surface area contributed by atoms with Gasteiger partial charge in [-0.3, -0.25) is 0 Å². The zero-order chi connectivity index (χ0) is 17.0. The third-order valence-electron chi connectivity index (χ3n) is 5.01. The molecule has 0 bridgehead atoms. The van der Waals surface area contributed by atoms with Crippen LogP contribution in [0.3, 0.4) is 0 Å². The maximum absolute atomic E-state index is 12.5. The lowest BCUT2D eigenvalue weighted by Gasteiger charge is -2.39. The van der Waals surface area contributed by atoms with Crippen LogP contribution in [0, 0.1) is 0 Å². The molecule has 0 aromatic heterocycles. The first-order valence-corrected chi connectivity index (χ1v) is 9.58. The largest absolute Gasteiger partial charge is 0.325 e. The smallest absolute Gasteiger partial charge is 0.321 e. The summed E-state index contributed by atoms with van der Waals surface area (Å²) in [5, 5.41) is 3.48. The summed E-state index contributed by atoms with van der Waals surface area (Å²) in [7, 11) is 4.06. The van der Waals surface area contributed by atoms with Crippen LogP contribution >= 0.6 is 11.8 Å². The number of hydrogen-bond donors (Lipinski definition) is 1. The van der Waals surface area contributed by atoms with E-state index in [9.17, 15) is 4.79 Å². The summed E-state index contributed by atoms with van der Waals surface area (Å²) in [5.41, 5.74) is 2.12. The lowest BCUT2D eigenvalue weighted by Crippen LogP contribution is -2.49. The van der Waals surface area contributed by atoms with Crippen molar-refractivity contribution in [2.45, 2.75) is 44.0 Å². The van der Waals surface area contributed by atoms with Crippen LogP contribution in [0.5, 0.6) is 0 Å². The lowest BCUT2D eigenvalue weighted by molar-refractivity contribution is 0.120. The van der Waals surface area contributed by atoms with Crippen LogP contribution in [0.4, 0.5) is 10.5 Å². The number of nitrogens with zero attached hydrogens (tertiary/aromatic N) is 2. The van der Waals surface area contributed by atoms with Gasteiger partial charge in [0.05, 0.1) is 0 Å². The first-order chi connectivity index (χ1) is 10.9. The van der Waals surface area contributed by atoms with E-state index in [1.54, 1.807) is 0 Å². The predicted octanol–water partition coefficient (Wildman–Crippen LogP) is 4.06. The zero-order valence-electron chi connectivity index (χ0n) is 14.9. The van der Waals surface area contributed by atoms with Gasteiger partial charge in [-0.05, 0) is 57.7 Å². The number of anilines is 1. The van der Waals surface area contributed by atoms with Gasteiger partial charge in [0.1, 0.15) is 0 Å². The Bertz CT molecular complexity index is 537. The van der Waals surface area contributed by atoms with Crippen LogP contribution in [0.15, 0.2) is 24.3 Å². The molecule has 0 radical (unpaired) electrons. The van der Waals surface area contributed by atoms with Crippen molar-refractivity contribution in [3.63, 3.8) is 0 Å². The van der Waals surface area contributed by atoms with Gasteiger partial charge in [0.2, 0.25) is 0 Å². The van der Waals surface area contributed by atoms with E-state index in [-0.39, 0.29) is 6.03 Å². The van der Waals surface area contributed by atoms with E-state index in [4.69, 9.17) is 0 Å². The Morgan fingerprint density at radius 2 is 2.22 bits per heavy atom. The molecule has 128 valence electrons. The summed E-state index contributed by atoms with van der Waals surface area (Å²) in [6.45, 7) is 5.45. The predicted molar refractivity (Wildman–Crippen MR) is 100 cm³/mol. The van der Waals surface area contributed by atoms with Crippen molar-refractivity contribution in [1.29, 1.82) is 0 Å². The number of likely N-dealkylation sites (tertiary alicyclic amines) is 1. The Morgan fingerprint density at radius 3 is 2.87 bits per heavy atom. The molecule has 1 fully saturated rings. The Morgan fingerprint density at radius 1 is 1.48 bits per heavy atom. The number of hydrogen-bond acceptors (Lipinski definition) is 3. The number of rotatable bonds is 4. The third kappa shape index (κ3) is 4.64. The molecule has 1 aromatic rings. The van der Waals surface area contributed by atoms with Crippen LogP contribution < -0.4 is 5.32 Å². The molecule has 1 aliphatic rings. The monoisotopic (exact) mass is 335 g/mol. The van der Waals surface area contributed by atoms with E-state index < -0.39 is 0 Å². The number of amides is 2. The fraction of sp³-hybridized carbons (Fsp3) is 0.611. The van der Waals surface area contributed by atoms with E-state index in [2.05, 4.69) is 49.5 Å². The molecule has 1 heterocycles. The standard InChI is InChI=1S/C18H29N3OS/c1-13-11-17(9-10-20(13)3)21(4)18(22)19-16-8-6-7-15(12-16)14(2)23-5/h6-8,12-14,17H,9-11H2,1-5H3,(H,19,22)/t13-,14-,17+/m1/s1. The van der Waals surface area contributed by atoms with Gasteiger partial charge >= 0.3 is 6.03 Å². The van der Waals surface area contributed by atoms with E-state index >= 15 is 0 Å². The molecule has 2 rings (SSSR count). The number of carbonyl (C=O) groups is 1. The highest BCUT2D eigenvalue weighted by Crippen LogP contribution is 2.27. The molecule has 0 aliphatic carbocycles. The number of urea groups is 1. The van der Waals surface area contributed by atoms with Crippen LogP contribution in [-0.4, -0.2) is 54.8 Å². The molecule has 1 saturated heterocycles. The minimum Gasteiger partial charge on any atom is -0.325 e. The molecule has 0 saturated carbocycles. The number of benzene rings is 1. The molecular formula is C18H29N3OS. The molecule has 0 unspecified atom stereocenters. The van der Waals surface area contributed by atoms with Gasteiger partial charge in [0.15, 0.2) is 0 Å². The second-order valence-electron chi connectivity index (χ2n) is 6.55. The SMILES string of the molecule is CS[C@H](C)c1cccc(NC(=O)N(C)[C@H]2CCN(C)[C@H](C)C2)c1. The van der Waals surface area contributed by atoms with Crippen LogP contribution in [-0.2, 0) is 0 Å². The first-order valence-electron chi connectivity index (χ1n) is 8.29. The zero-order valence-corrected chi connectivity index (χ0v) is 15.7. The van der Waals surface area contributed by atoms with Crippen molar-refractivity contribution in [2.75, 3.05) is 32.2 Å². The Hall–Kier alpha value is -1.20. The quantitative estimate of drug-likeness (QED) is 0.901. The van der Waals surface area contributed by atoms with E-state index in [0.717, 1.165) is 25.1 Å². The normalized spacial score (nSPS) is 23.3. The molecule has 2 amide bonds. The average Bonchev–Trinajstić information content (AvgIpc) is 2.56. The summed E-state index contributed by atoms with van der Waals surface area (Å²) in [6, 6.07) is 8.98. The number of nitrogens with one attached hydrogen (secondary N) is 1. The number of carbonyl (C=O) groups excluding carboxylic acids is 1. The second kappa shape index (κ2) is 8.06. The van der Waals surface area contributed by atoms with Gasteiger partial charge in [0.25, 0.3) is 0 Å². The molecule has 1 aliphatic heterocycles. The highest BCUT2D eigenvalue weighted by molar-refractivity contribution is 7.98. The maximum Gasteiger partial charge on any atom is 0.321 e. The van der Waals surface area contributed by atoms with E-state index in [0.29, 0.717) is 17.3 Å². The van der Waals surface area contributed by atoms with Gasteiger partial charge in [-0.2, -0.15) is 11.8 Å². The number of thioether (sulfide) groups is 1. The fourth-order valence-electron chi connectivity index (χ4n) is 3.00. The maximum atomic E-state index is 12.5. The minimum atomic E-state index is -0.0132. The molecule has 1 N–H and O–H groups in total. The highest BCUT2D eigenvalue weighted by Gasteiger charge is 2.28. The summed E-state index contributed by atoms with van der Waals surface area (Å²) in [4.78, 5) is 16.8. The summed E-state index contributed by atoms with van der Waals surface area (Å²) >= 11 is 1.81. The Labute approximate surface area is 144 Å². The molecule has 3 atom stereocenters. The fourth-order valence-corrected chi connectivity index (χ4v) is 3.42. The van der Waals surface area contributed by atoms with Gasteiger partial charge in [0, 0.05) is 36.6 Å². The van der Waals surface area contributed by atoms with Crippen molar-refractivity contribution in [3.05, 3.63) is 29.8 Å². The second-order valence-corrected chi connectivity index (χ2v) is 7.73. The molecular weight excluding hydrogens is 306 g/mol. The van der Waals surface area contributed by atoms with Gasteiger partial charge in [-0.25, -0.2) is 4.79 Å². The third-order valence-corrected chi connectivity index (χ3v) is 5.99. The minimum absolute atomic E-state index is 0.0132. The summed E-state index contributed by atoms with van der Waals surface area (Å²) < 4.78 is 0. The van der Waals surface area contributed by atoms with Crippen molar-refractivity contribution < 1.29 is 4.79 Å². The molecule has 23 heavy (non-hydrogen) atoms. The van der Waals surface area contributed by atoms with Crippen molar-refractivity contribution >= 4 is 23.5 Å². The van der Waals surface area contributed by atoms with E-state index in [1.807, 2.05) is 35.8 Å². The van der Waals surface area contributed by atoms with Crippen LogP contribution in [0.25, 0.3) is 0 Å². The van der Waals surface area contributed by atoms with E-state index in [1.165, 1.54) is 5.56 Å². The first kappa shape index (κ1) is 18.1. The van der Waals surface area contributed by atoms with Gasteiger partial charge in [-0.1, -0.05) is 12.1 Å². The molecule has 5 heteroatoms. The number of piperidine rings is 1. The van der Waals surface area contributed by atoms with Crippen molar-refractivity contribution in [2.24, 2.45) is 0 Å². The van der Waals surface area contributed by atoms with Crippen LogP contribution in [0.1, 0.15) is 37.5 Å². The lowest BCUT2D eigenvalue weighted by atomic mass is 9.98. The Kier molecular flexibility index (Phi) is 6.36.